The molecule has 1 aromatic rings. The van der Waals surface area contributed by atoms with E-state index in [1.807, 2.05) is 31.2 Å². The first-order valence-corrected chi connectivity index (χ1v) is 7.12. The van der Waals surface area contributed by atoms with E-state index in [-0.39, 0.29) is 5.41 Å². The van der Waals surface area contributed by atoms with Gasteiger partial charge in [-0.2, -0.15) is 0 Å². The Morgan fingerprint density at radius 3 is 2.45 bits per heavy atom. The molecule has 0 aromatic heterocycles. The fourth-order valence-corrected chi connectivity index (χ4v) is 1.91. The molecule has 0 spiro atoms. The highest BCUT2D eigenvalue weighted by Gasteiger charge is 2.25. The monoisotopic (exact) mass is 277 g/mol. The smallest absolute Gasteiger partial charge is 0.139 e. The molecule has 112 valence electrons. The van der Waals surface area contributed by atoms with Gasteiger partial charge in [0.25, 0.3) is 0 Å². The van der Waals surface area contributed by atoms with Crippen molar-refractivity contribution in [2.24, 2.45) is 5.41 Å². The van der Waals surface area contributed by atoms with Crippen molar-refractivity contribution >= 4 is 6.29 Å². The molecular weight excluding hydrogens is 250 g/mol. The molecule has 0 saturated heterocycles. The van der Waals surface area contributed by atoms with Gasteiger partial charge in [-0.15, -0.1) is 0 Å². The first-order valence-electron chi connectivity index (χ1n) is 7.12. The molecule has 20 heavy (non-hydrogen) atoms. The molecule has 0 radical (unpaired) electrons. The predicted octanol–water partition coefficient (Wildman–Crippen LogP) is 3.57. The van der Waals surface area contributed by atoms with E-state index in [4.69, 9.17) is 4.74 Å². The number of ether oxygens (including phenoxy) is 1. The van der Waals surface area contributed by atoms with Crippen molar-refractivity contribution in [1.29, 1.82) is 0 Å². The van der Waals surface area contributed by atoms with Gasteiger partial charge >= 0.3 is 0 Å². The minimum absolute atomic E-state index is 0.238. The fraction of sp³-hybridized carbons (Fsp3) is 0.588. The van der Waals surface area contributed by atoms with Crippen molar-refractivity contribution in [1.82, 2.24) is 5.32 Å². The Bertz CT molecular complexity index is 437. The van der Waals surface area contributed by atoms with Crippen LogP contribution in [0.4, 0.5) is 0 Å². The van der Waals surface area contributed by atoms with E-state index in [2.05, 4.69) is 26.1 Å². The van der Waals surface area contributed by atoms with Crippen LogP contribution >= 0.6 is 0 Å². The van der Waals surface area contributed by atoms with E-state index in [0.29, 0.717) is 6.54 Å². The first-order chi connectivity index (χ1) is 9.28. The molecule has 3 nitrogen and oxygen atoms in total. The van der Waals surface area contributed by atoms with Gasteiger partial charge in [-0.1, -0.05) is 32.9 Å². The fourth-order valence-electron chi connectivity index (χ4n) is 1.91. The summed E-state index contributed by atoms with van der Waals surface area (Å²) in [6, 6.07) is 7.90. The van der Waals surface area contributed by atoms with Crippen molar-refractivity contribution in [2.75, 3.05) is 7.11 Å². The van der Waals surface area contributed by atoms with Crippen molar-refractivity contribution in [2.45, 2.75) is 52.6 Å². The average Bonchev–Trinajstić information content (AvgIpc) is 2.42. The van der Waals surface area contributed by atoms with Crippen LogP contribution < -0.4 is 10.1 Å². The molecule has 0 amide bonds. The van der Waals surface area contributed by atoms with Crippen LogP contribution in [0.2, 0.25) is 0 Å². The predicted molar refractivity (Wildman–Crippen MR) is 83.0 cm³/mol. The second-order valence-corrected chi connectivity index (χ2v) is 6.80. The topological polar surface area (TPSA) is 38.3 Å². The van der Waals surface area contributed by atoms with Gasteiger partial charge in [0.2, 0.25) is 0 Å². The SMILES string of the molecule is COc1cccc(CNC(C)(C=O)CCC(C)(C)C)c1. The minimum atomic E-state index is -0.476. The maximum atomic E-state index is 11.4. The van der Waals surface area contributed by atoms with Crippen LogP contribution in [0.15, 0.2) is 24.3 Å². The quantitative estimate of drug-likeness (QED) is 0.774. The number of hydrogen-bond donors (Lipinski definition) is 1. The second kappa shape index (κ2) is 6.89. The third-order valence-electron chi connectivity index (χ3n) is 3.48. The van der Waals surface area contributed by atoms with Gasteiger partial charge in [-0.3, -0.25) is 0 Å². The number of aldehydes is 1. The molecule has 0 heterocycles. The van der Waals surface area contributed by atoms with Crippen LogP contribution in [-0.4, -0.2) is 18.9 Å². The Morgan fingerprint density at radius 1 is 1.20 bits per heavy atom. The van der Waals surface area contributed by atoms with Crippen LogP contribution in [0.5, 0.6) is 5.75 Å². The zero-order valence-electron chi connectivity index (χ0n) is 13.3. The number of benzene rings is 1. The number of rotatable bonds is 7. The molecule has 1 atom stereocenters. The van der Waals surface area contributed by atoms with Gasteiger partial charge < -0.3 is 14.8 Å². The minimum Gasteiger partial charge on any atom is -0.497 e. The standard InChI is InChI=1S/C17H27NO2/c1-16(2,3)9-10-17(4,13-19)18-12-14-7-6-8-15(11-14)20-5/h6-8,11,13,18H,9-10,12H2,1-5H3. The van der Waals surface area contributed by atoms with Crippen molar-refractivity contribution < 1.29 is 9.53 Å². The molecule has 1 unspecified atom stereocenters. The zero-order chi connectivity index (χ0) is 15.2. The van der Waals surface area contributed by atoms with Gasteiger partial charge in [0, 0.05) is 6.54 Å². The first kappa shape index (κ1) is 16.7. The molecule has 1 N–H and O–H groups in total. The normalized spacial score (nSPS) is 14.7. The molecule has 3 heteroatoms. The summed E-state index contributed by atoms with van der Waals surface area (Å²) in [7, 11) is 1.66. The van der Waals surface area contributed by atoms with Crippen molar-refractivity contribution in [3.05, 3.63) is 29.8 Å². The number of hydrogen-bond acceptors (Lipinski definition) is 3. The molecule has 0 aliphatic carbocycles. The summed E-state index contributed by atoms with van der Waals surface area (Å²) in [6.45, 7) is 9.21. The summed E-state index contributed by atoms with van der Waals surface area (Å²) in [4.78, 5) is 11.4. The van der Waals surface area contributed by atoms with Crippen molar-refractivity contribution in [3.8, 4) is 5.75 Å². The van der Waals surface area contributed by atoms with E-state index < -0.39 is 5.54 Å². The van der Waals surface area contributed by atoms with Crippen LogP contribution in [0.1, 0.15) is 46.1 Å². The van der Waals surface area contributed by atoms with Crippen LogP contribution in [0.25, 0.3) is 0 Å². The highest BCUT2D eigenvalue weighted by molar-refractivity contribution is 5.63. The second-order valence-electron chi connectivity index (χ2n) is 6.80. The summed E-state index contributed by atoms with van der Waals surface area (Å²) in [5.41, 5.74) is 0.881. The molecular formula is C17H27NO2. The molecule has 0 fully saturated rings. The lowest BCUT2D eigenvalue weighted by atomic mass is 9.84. The third kappa shape index (κ3) is 5.74. The Labute approximate surface area is 122 Å². The van der Waals surface area contributed by atoms with E-state index in [9.17, 15) is 4.79 Å². The van der Waals surface area contributed by atoms with Gasteiger partial charge in [0.05, 0.1) is 12.6 Å². The molecule has 1 rings (SSSR count). The van der Waals surface area contributed by atoms with E-state index in [0.717, 1.165) is 30.4 Å². The van der Waals surface area contributed by atoms with Gasteiger partial charge in [0.1, 0.15) is 12.0 Å². The molecule has 0 aliphatic heterocycles. The summed E-state index contributed by atoms with van der Waals surface area (Å²) >= 11 is 0. The summed E-state index contributed by atoms with van der Waals surface area (Å²) in [6.07, 6.45) is 2.87. The molecule has 0 bridgehead atoms. The lowest BCUT2D eigenvalue weighted by molar-refractivity contribution is -0.113. The summed E-state index contributed by atoms with van der Waals surface area (Å²) < 4.78 is 5.21. The Morgan fingerprint density at radius 2 is 1.90 bits per heavy atom. The van der Waals surface area contributed by atoms with Crippen LogP contribution in [0.3, 0.4) is 0 Å². The largest absolute Gasteiger partial charge is 0.497 e. The van der Waals surface area contributed by atoms with Crippen molar-refractivity contribution in [3.63, 3.8) is 0 Å². The van der Waals surface area contributed by atoms with Gasteiger partial charge in [-0.05, 0) is 42.9 Å². The highest BCUT2D eigenvalue weighted by atomic mass is 16.5. The maximum absolute atomic E-state index is 11.4. The Balaban J connectivity index is 2.61. The summed E-state index contributed by atoms with van der Waals surface area (Å²) in [5.74, 6) is 0.840. The van der Waals surface area contributed by atoms with Crippen LogP contribution in [0, 0.1) is 5.41 Å². The molecule has 0 saturated carbocycles. The van der Waals surface area contributed by atoms with E-state index >= 15 is 0 Å². The number of carbonyl (C=O) groups is 1. The van der Waals surface area contributed by atoms with E-state index in [1.165, 1.54) is 0 Å². The van der Waals surface area contributed by atoms with Gasteiger partial charge in [0.15, 0.2) is 0 Å². The number of methoxy groups -OCH3 is 1. The van der Waals surface area contributed by atoms with Crippen LogP contribution in [-0.2, 0) is 11.3 Å². The van der Waals surface area contributed by atoms with E-state index in [1.54, 1.807) is 7.11 Å². The molecule has 0 aliphatic rings. The Hall–Kier alpha value is -1.35. The third-order valence-corrected chi connectivity index (χ3v) is 3.48. The lowest BCUT2D eigenvalue weighted by Crippen LogP contribution is -2.44. The molecule has 1 aromatic carbocycles. The zero-order valence-corrected chi connectivity index (χ0v) is 13.3. The lowest BCUT2D eigenvalue weighted by Gasteiger charge is -2.29. The van der Waals surface area contributed by atoms with Gasteiger partial charge in [-0.25, -0.2) is 0 Å². The maximum Gasteiger partial charge on any atom is 0.139 e. The highest BCUT2D eigenvalue weighted by Crippen LogP contribution is 2.25. The number of carbonyl (C=O) groups excluding carboxylic acids is 1. The average molecular weight is 277 g/mol. The Kier molecular flexibility index (Phi) is 5.75. The number of nitrogens with one attached hydrogen (secondary N) is 1. The summed E-state index contributed by atoms with van der Waals surface area (Å²) in [5, 5.41) is 3.36.